The maximum atomic E-state index is 12.9. The number of fused-ring (bicyclic) bond motifs is 1. The summed E-state index contributed by atoms with van der Waals surface area (Å²) >= 11 is 6.21. The number of rotatable bonds is 6. The second kappa shape index (κ2) is 8.79. The number of nitrogens with one attached hydrogen (secondary N) is 1. The summed E-state index contributed by atoms with van der Waals surface area (Å²) in [6, 6.07) is 9.19. The fourth-order valence-corrected chi connectivity index (χ4v) is 4.01. The van der Waals surface area contributed by atoms with Crippen molar-refractivity contribution in [2.45, 2.75) is 19.4 Å². The van der Waals surface area contributed by atoms with Crippen LogP contribution in [0, 0.1) is 5.92 Å². The number of halogens is 1. The number of piperidine rings is 1. The third-order valence-electron chi connectivity index (χ3n) is 5.38. The molecule has 1 aliphatic rings. The Hall–Kier alpha value is -3.00. The van der Waals surface area contributed by atoms with Gasteiger partial charge in [-0.15, -0.1) is 10.2 Å². The topological polar surface area (TPSA) is 81.0 Å². The van der Waals surface area contributed by atoms with Gasteiger partial charge in [0, 0.05) is 31.4 Å². The summed E-state index contributed by atoms with van der Waals surface area (Å²) in [5.41, 5.74) is 1.49. The van der Waals surface area contributed by atoms with Gasteiger partial charge in [0.2, 0.25) is 11.9 Å². The fourth-order valence-electron chi connectivity index (χ4n) is 3.81. The van der Waals surface area contributed by atoms with E-state index >= 15 is 0 Å². The predicted octanol–water partition coefficient (Wildman–Crippen LogP) is 2.93. The molecule has 0 bridgehead atoms. The van der Waals surface area contributed by atoms with E-state index in [1.54, 1.807) is 20.3 Å². The van der Waals surface area contributed by atoms with Crippen molar-refractivity contribution in [3.63, 3.8) is 0 Å². The first-order valence-corrected chi connectivity index (χ1v) is 10.2. The van der Waals surface area contributed by atoms with Gasteiger partial charge in [0.25, 0.3) is 0 Å². The van der Waals surface area contributed by atoms with E-state index < -0.39 is 0 Å². The highest BCUT2D eigenvalue weighted by molar-refractivity contribution is 6.33. The Labute approximate surface area is 179 Å². The molecule has 3 heterocycles. The van der Waals surface area contributed by atoms with E-state index in [4.69, 9.17) is 21.1 Å². The summed E-state index contributed by atoms with van der Waals surface area (Å²) in [5, 5.41) is 12.1. The third-order valence-corrected chi connectivity index (χ3v) is 5.68. The van der Waals surface area contributed by atoms with Crippen LogP contribution in [0.3, 0.4) is 0 Å². The smallest absolute Gasteiger partial charge is 0.231 e. The number of methoxy groups -OCH3 is 2. The molecule has 1 saturated heterocycles. The van der Waals surface area contributed by atoms with Crippen molar-refractivity contribution in [2.24, 2.45) is 5.92 Å². The number of hydrogen-bond donors (Lipinski definition) is 1. The van der Waals surface area contributed by atoms with E-state index in [0.717, 1.165) is 30.7 Å². The SMILES string of the molecule is COc1ccc(OC)c(CNC(=O)C2CCCN(c3nnc4c(Cl)cccn34)C2)c1. The van der Waals surface area contributed by atoms with Crippen LogP contribution in [-0.4, -0.2) is 47.8 Å². The minimum Gasteiger partial charge on any atom is -0.497 e. The molecule has 8 nitrogen and oxygen atoms in total. The molecule has 0 radical (unpaired) electrons. The molecule has 1 aliphatic heterocycles. The van der Waals surface area contributed by atoms with Crippen LogP contribution in [-0.2, 0) is 11.3 Å². The maximum Gasteiger partial charge on any atom is 0.231 e. The van der Waals surface area contributed by atoms with E-state index in [1.807, 2.05) is 34.9 Å². The van der Waals surface area contributed by atoms with Gasteiger partial charge in [-0.05, 0) is 43.2 Å². The molecule has 2 aromatic heterocycles. The average molecular weight is 430 g/mol. The number of carbonyl (C=O) groups is 1. The van der Waals surface area contributed by atoms with Crippen molar-refractivity contribution in [1.29, 1.82) is 0 Å². The Balaban J connectivity index is 1.44. The highest BCUT2D eigenvalue weighted by Gasteiger charge is 2.28. The second-order valence-electron chi connectivity index (χ2n) is 7.23. The van der Waals surface area contributed by atoms with Crippen LogP contribution in [0.5, 0.6) is 11.5 Å². The van der Waals surface area contributed by atoms with Gasteiger partial charge in [-0.3, -0.25) is 9.20 Å². The number of nitrogens with zero attached hydrogens (tertiary/aromatic N) is 4. The summed E-state index contributed by atoms with van der Waals surface area (Å²) in [7, 11) is 3.23. The fraction of sp³-hybridized carbons (Fsp3) is 0.381. The van der Waals surface area contributed by atoms with Gasteiger partial charge in [-0.2, -0.15) is 0 Å². The van der Waals surface area contributed by atoms with E-state index in [9.17, 15) is 4.79 Å². The molecule has 1 atom stereocenters. The molecule has 1 aromatic carbocycles. The summed E-state index contributed by atoms with van der Waals surface area (Å²) in [6.07, 6.45) is 3.61. The van der Waals surface area contributed by atoms with Gasteiger partial charge in [-0.25, -0.2) is 0 Å². The quantitative estimate of drug-likeness (QED) is 0.648. The number of ether oxygens (including phenoxy) is 2. The van der Waals surface area contributed by atoms with Crippen molar-refractivity contribution < 1.29 is 14.3 Å². The lowest BCUT2D eigenvalue weighted by atomic mass is 9.97. The van der Waals surface area contributed by atoms with Crippen LogP contribution in [0.25, 0.3) is 5.65 Å². The first-order chi connectivity index (χ1) is 14.6. The van der Waals surface area contributed by atoms with E-state index in [0.29, 0.717) is 35.5 Å². The number of anilines is 1. The van der Waals surface area contributed by atoms with Gasteiger partial charge >= 0.3 is 0 Å². The lowest BCUT2D eigenvalue weighted by molar-refractivity contribution is -0.125. The number of carbonyl (C=O) groups excluding carboxylic acids is 1. The van der Waals surface area contributed by atoms with Crippen molar-refractivity contribution >= 4 is 29.1 Å². The minimum absolute atomic E-state index is 0.0106. The molecule has 1 unspecified atom stereocenters. The molecule has 3 aromatic rings. The molecular weight excluding hydrogens is 406 g/mol. The Morgan fingerprint density at radius 1 is 1.27 bits per heavy atom. The first-order valence-electron chi connectivity index (χ1n) is 9.83. The van der Waals surface area contributed by atoms with Crippen LogP contribution < -0.4 is 19.7 Å². The van der Waals surface area contributed by atoms with Crippen molar-refractivity contribution in [1.82, 2.24) is 19.9 Å². The normalized spacial score (nSPS) is 16.5. The standard InChI is InChI=1S/C21H24ClN5O3/c1-29-16-7-8-18(30-2)15(11-16)12-23-20(28)14-5-3-9-26(13-14)21-25-24-19-17(22)6-4-10-27(19)21/h4,6-8,10-11,14H,3,5,9,12-13H2,1-2H3,(H,23,28). The number of aromatic nitrogens is 3. The summed E-state index contributed by atoms with van der Waals surface area (Å²) in [4.78, 5) is 15.0. The molecule has 158 valence electrons. The minimum atomic E-state index is -0.137. The number of pyridine rings is 1. The highest BCUT2D eigenvalue weighted by atomic mass is 35.5. The Morgan fingerprint density at radius 3 is 2.93 bits per heavy atom. The van der Waals surface area contributed by atoms with Crippen LogP contribution in [0.1, 0.15) is 18.4 Å². The zero-order valence-electron chi connectivity index (χ0n) is 17.0. The summed E-state index contributed by atoms with van der Waals surface area (Å²) in [6.45, 7) is 1.77. The third kappa shape index (κ3) is 4.00. The summed E-state index contributed by atoms with van der Waals surface area (Å²) < 4.78 is 12.5. The van der Waals surface area contributed by atoms with Crippen molar-refractivity contribution in [2.75, 3.05) is 32.2 Å². The van der Waals surface area contributed by atoms with Gasteiger partial charge in [0.15, 0.2) is 5.65 Å². The van der Waals surface area contributed by atoms with Crippen LogP contribution in [0.2, 0.25) is 5.02 Å². The molecule has 1 N–H and O–H groups in total. The van der Waals surface area contributed by atoms with Gasteiger partial charge < -0.3 is 19.7 Å². The van der Waals surface area contributed by atoms with Crippen molar-refractivity contribution in [3.05, 3.63) is 47.1 Å². The van der Waals surface area contributed by atoms with Crippen LogP contribution in [0.4, 0.5) is 5.95 Å². The molecule has 0 aliphatic carbocycles. The molecule has 1 amide bonds. The molecule has 0 spiro atoms. The van der Waals surface area contributed by atoms with E-state index in [1.165, 1.54) is 0 Å². The Kier molecular flexibility index (Phi) is 5.94. The largest absolute Gasteiger partial charge is 0.497 e. The lowest BCUT2D eigenvalue weighted by Crippen LogP contribution is -2.43. The molecule has 30 heavy (non-hydrogen) atoms. The zero-order valence-corrected chi connectivity index (χ0v) is 17.7. The number of benzene rings is 1. The highest BCUT2D eigenvalue weighted by Crippen LogP contribution is 2.26. The second-order valence-corrected chi connectivity index (χ2v) is 7.64. The summed E-state index contributed by atoms with van der Waals surface area (Å²) in [5.74, 6) is 2.02. The first kappa shape index (κ1) is 20.3. The lowest BCUT2D eigenvalue weighted by Gasteiger charge is -2.32. The average Bonchev–Trinajstić information content (AvgIpc) is 3.23. The molecule has 4 rings (SSSR count). The maximum absolute atomic E-state index is 12.9. The number of amides is 1. The molecule has 0 saturated carbocycles. The molecule has 1 fully saturated rings. The predicted molar refractivity (Wildman–Crippen MR) is 114 cm³/mol. The monoisotopic (exact) mass is 429 g/mol. The van der Waals surface area contributed by atoms with Crippen LogP contribution >= 0.6 is 11.6 Å². The number of hydrogen-bond acceptors (Lipinski definition) is 6. The van der Waals surface area contributed by atoms with Gasteiger partial charge in [0.05, 0.1) is 25.2 Å². The van der Waals surface area contributed by atoms with Crippen LogP contribution in [0.15, 0.2) is 36.5 Å². The van der Waals surface area contributed by atoms with E-state index in [-0.39, 0.29) is 11.8 Å². The van der Waals surface area contributed by atoms with E-state index in [2.05, 4.69) is 20.4 Å². The Bertz CT molecular complexity index is 1050. The van der Waals surface area contributed by atoms with Gasteiger partial charge in [0.1, 0.15) is 11.5 Å². The zero-order chi connectivity index (χ0) is 21.1. The molecule has 9 heteroatoms. The van der Waals surface area contributed by atoms with Crippen molar-refractivity contribution in [3.8, 4) is 11.5 Å². The molecular formula is C21H24ClN5O3. The Morgan fingerprint density at radius 2 is 2.13 bits per heavy atom. The van der Waals surface area contributed by atoms with Gasteiger partial charge in [-0.1, -0.05) is 11.6 Å².